The quantitative estimate of drug-likeness (QED) is 0.310. The molecular weight excluding hydrogens is 435 g/mol. The minimum Gasteiger partial charge on any atom is -0.493 e. The molecule has 2 heterocycles. The second-order valence-electron chi connectivity index (χ2n) is 6.13. The Morgan fingerprint density at radius 1 is 1.17 bits per heavy atom. The molecule has 0 aliphatic carbocycles. The first-order chi connectivity index (χ1) is 14.2. The van der Waals surface area contributed by atoms with E-state index in [4.69, 9.17) is 16.3 Å². The standard InChI is InChI=1S/C17H16ClF5N6O/c1-24-3-2-4-30-9-5-10(19)12(11(20)6-9)13-14(18)28-16-26-8-27-29(16)15(13)25-7-17(21,22)23/h5-6,8,24-25H,2-4,7H2,1H3. The lowest BCUT2D eigenvalue weighted by molar-refractivity contribution is -0.115. The summed E-state index contributed by atoms with van der Waals surface area (Å²) >= 11 is 6.07. The smallest absolute Gasteiger partial charge is 0.405 e. The lowest BCUT2D eigenvalue weighted by Crippen LogP contribution is -2.23. The number of rotatable bonds is 8. The van der Waals surface area contributed by atoms with Crippen LogP contribution in [-0.2, 0) is 0 Å². The van der Waals surface area contributed by atoms with Crippen molar-refractivity contribution in [3.05, 3.63) is 35.2 Å². The molecule has 2 N–H and O–H groups in total. The average Bonchev–Trinajstić information content (AvgIpc) is 3.11. The van der Waals surface area contributed by atoms with Crippen LogP contribution in [0, 0.1) is 11.6 Å². The average molecular weight is 451 g/mol. The molecule has 0 atom stereocenters. The third-order valence-electron chi connectivity index (χ3n) is 3.94. The zero-order valence-electron chi connectivity index (χ0n) is 15.5. The summed E-state index contributed by atoms with van der Waals surface area (Å²) in [6.45, 7) is -0.633. The molecule has 0 saturated carbocycles. The fourth-order valence-corrected chi connectivity index (χ4v) is 2.96. The third-order valence-corrected chi connectivity index (χ3v) is 4.22. The Bertz CT molecular complexity index is 1020. The molecule has 30 heavy (non-hydrogen) atoms. The van der Waals surface area contributed by atoms with Gasteiger partial charge in [-0.15, -0.1) is 0 Å². The minimum atomic E-state index is -4.61. The van der Waals surface area contributed by atoms with Crippen molar-refractivity contribution < 1.29 is 26.7 Å². The first kappa shape index (κ1) is 22.0. The molecule has 0 spiro atoms. The number of hydrogen-bond acceptors (Lipinski definition) is 6. The normalized spacial score (nSPS) is 11.8. The molecule has 0 bridgehead atoms. The Kier molecular flexibility index (Phi) is 6.56. The van der Waals surface area contributed by atoms with E-state index in [0.29, 0.717) is 13.0 Å². The summed E-state index contributed by atoms with van der Waals surface area (Å²) in [5.41, 5.74) is -1.09. The molecule has 0 unspecified atom stereocenters. The van der Waals surface area contributed by atoms with Crippen molar-refractivity contribution in [3.63, 3.8) is 0 Å². The largest absolute Gasteiger partial charge is 0.493 e. The number of anilines is 1. The van der Waals surface area contributed by atoms with Gasteiger partial charge in [-0.3, -0.25) is 0 Å². The van der Waals surface area contributed by atoms with E-state index in [0.717, 1.165) is 23.0 Å². The summed E-state index contributed by atoms with van der Waals surface area (Å²) in [4.78, 5) is 7.60. The molecule has 0 amide bonds. The molecule has 7 nitrogen and oxygen atoms in total. The Balaban J connectivity index is 2.06. The predicted molar refractivity (Wildman–Crippen MR) is 99.7 cm³/mol. The van der Waals surface area contributed by atoms with Crippen LogP contribution in [0.5, 0.6) is 5.75 Å². The summed E-state index contributed by atoms with van der Waals surface area (Å²) in [7, 11) is 1.75. The number of fused-ring (bicyclic) bond motifs is 1. The van der Waals surface area contributed by atoms with Crippen molar-refractivity contribution in [1.29, 1.82) is 0 Å². The van der Waals surface area contributed by atoms with Crippen molar-refractivity contribution in [1.82, 2.24) is 24.9 Å². The number of nitrogens with zero attached hydrogens (tertiary/aromatic N) is 4. The number of halogens is 6. The molecule has 162 valence electrons. The summed E-state index contributed by atoms with van der Waals surface area (Å²) < 4.78 is 74.1. The van der Waals surface area contributed by atoms with Gasteiger partial charge in [-0.2, -0.15) is 32.8 Å². The highest BCUT2D eigenvalue weighted by Gasteiger charge is 2.30. The van der Waals surface area contributed by atoms with E-state index in [1.807, 2.05) is 0 Å². The van der Waals surface area contributed by atoms with Crippen LogP contribution in [0.2, 0.25) is 5.15 Å². The van der Waals surface area contributed by atoms with Gasteiger partial charge in [0.15, 0.2) is 0 Å². The van der Waals surface area contributed by atoms with E-state index in [1.54, 1.807) is 7.05 Å². The second-order valence-corrected chi connectivity index (χ2v) is 6.49. The summed E-state index contributed by atoms with van der Waals surface area (Å²) in [5, 5.41) is 8.30. The van der Waals surface area contributed by atoms with E-state index in [2.05, 4.69) is 25.7 Å². The molecule has 0 aliphatic rings. The van der Waals surface area contributed by atoms with E-state index in [-0.39, 0.29) is 18.1 Å². The van der Waals surface area contributed by atoms with Crippen LogP contribution in [-0.4, -0.2) is 52.5 Å². The molecule has 2 aromatic heterocycles. The van der Waals surface area contributed by atoms with Gasteiger partial charge < -0.3 is 15.4 Å². The summed E-state index contributed by atoms with van der Waals surface area (Å²) in [6, 6.07) is 1.85. The monoisotopic (exact) mass is 450 g/mol. The Hall–Kier alpha value is -2.73. The molecule has 0 fully saturated rings. The molecule has 0 saturated heterocycles. The van der Waals surface area contributed by atoms with Crippen molar-refractivity contribution in [3.8, 4) is 16.9 Å². The molecular formula is C17H16ClF5N6O. The molecule has 13 heteroatoms. The van der Waals surface area contributed by atoms with E-state index in [9.17, 15) is 22.0 Å². The maximum atomic E-state index is 14.8. The van der Waals surface area contributed by atoms with E-state index < -0.39 is 46.5 Å². The number of aromatic nitrogens is 4. The number of nitrogens with one attached hydrogen (secondary N) is 2. The fraction of sp³-hybridized carbons (Fsp3) is 0.353. The Morgan fingerprint density at radius 2 is 1.87 bits per heavy atom. The Morgan fingerprint density at radius 3 is 2.50 bits per heavy atom. The van der Waals surface area contributed by atoms with Crippen LogP contribution in [0.3, 0.4) is 0 Å². The lowest BCUT2D eigenvalue weighted by atomic mass is 10.1. The maximum absolute atomic E-state index is 14.8. The van der Waals surface area contributed by atoms with Crippen molar-refractivity contribution in [2.75, 3.05) is 32.1 Å². The molecule has 1 aromatic carbocycles. The topological polar surface area (TPSA) is 76.4 Å². The Labute approximate surface area is 172 Å². The van der Waals surface area contributed by atoms with Gasteiger partial charge in [0.2, 0.25) is 0 Å². The first-order valence-electron chi connectivity index (χ1n) is 8.68. The predicted octanol–water partition coefficient (Wildman–Crippen LogP) is 3.69. The van der Waals surface area contributed by atoms with E-state index in [1.165, 1.54) is 0 Å². The lowest BCUT2D eigenvalue weighted by Gasteiger charge is -2.17. The van der Waals surface area contributed by atoms with Gasteiger partial charge in [-0.1, -0.05) is 11.6 Å². The third kappa shape index (κ3) is 4.87. The van der Waals surface area contributed by atoms with Gasteiger partial charge >= 0.3 is 6.18 Å². The molecule has 0 radical (unpaired) electrons. The highest BCUT2D eigenvalue weighted by Crippen LogP contribution is 2.39. The van der Waals surface area contributed by atoms with Gasteiger partial charge in [0, 0.05) is 12.1 Å². The van der Waals surface area contributed by atoms with Gasteiger partial charge in [-0.05, 0) is 20.0 Å². The fourth-order valence-electron chi connectivity index (χ4n) is 2.70. The maximum Gasteiger partial charge on any atom is 0.405 e. The highest BCUT2D eigenvalue weighted by molar-refractivity contribution is 6.33. The van der Waals surface area contributed by atoms with Crippen molar-refractivity contribution >= 4 is 23.2 Å². The van der Waals surface area contributed by atoms with Crippen LogP contribution >= 0.6 is 11.6 Å². The SMILES string of the molecule is CNCCCOc1cc(F)c(-c2c(Cl)nc3ncnn3c2NCC(F)(F)F)c(F)c1. The van der Waals surface area contributed by atoms with Crippen LogP contribution in [0.15, 0.2) is 18.5 Å². The second kappa shape index (κ2) is 8.96. The van der Waals surface area contributed by atoms with Crippen molar-refractivity contribution in [2.24, 2.45) is 0 Å². The van der Waals surface area contributed by atoms with Crippen LogP contribution in [0.25, 0.3) is 16.9 Å². The van der Waals surface area contributed by atoms with Gasteiger partial charge in [0.1, 0.15) is 41.2 Å². The number of benzene rings is 1. The highest BCUT2D eigenvalue weighted by atomic mass is 35.5. The zero-order valence-corrected chi connectivity index (χ0v) is 16.3. The summed E-state index contributed by atoms with van der Waals surface area (Å²) in [6.07, 6.45) is -2.98. The van der Waals surface area contributed by atoms with Crippen LogP contribution in [0.4, 0.5) is 27.8 Å². The van der Waals surface area contributed by atoms with Crippen LogP contribution in [0.1, 0.15) is 6.42 Å². The van der Waals surface area contributed by atoms with E-state index >= 15 is 0 Å². The van der Waals surface area contributed by atoms with Crippen LogP contribution < -0.4 is 15.4 Å². The first-order valence-corrected chi connectivity index (χ1v) is 9.05. The minimum absolute atomic E-state index is 0.0689. The number of hydrogen-bond donors (Lipinski definition) is 2. The number of alkyl halides is 3. The zero-order chi connectivity index (χ0) is 21.9. The van der Waals surface area contributed by atoms with Gasteiger partial charge in [0.05, 0.1) is 17.7 Å². The number of ether oxygens (including phenoxy) is 1. The molecule has 0 aliphatic heterocycles. The molecule has 3 aromatic rings. The van der Waals surface area contributed by atoms with Crippen molar-refractivity contribution in [2.45, 2.75) is 12.6 Å². The van der Waals surface area contributed by atoms with Gasteiger partial charge in [0.25, 0.3) is 5.78 Å². The molecule has 3 rings (SSSR count). The summed E-state index contributed by atoms with van der Waals surface area (Å²) in [5.74, 6) is -2.78. The van der Waals surface area contributed by atoms with Gasteiger partial charge in [-0.25, -0.2) is 8.78 Å².